The first kappa shape index (κ1) is 47.1. The number of methoxy groups -OCH3 is 1. The van der Waals surface area contributed by atoms with Crippen LogP contribution >= 0.6 is 11.6 Å². The minimum atomic E-state index is -0.682. The third-order valence-corrected chi connectivity index (χ3v) is 9.57. The van der Waals surface area contributed by atoms with Crippen LogP contribution in [0.5, 0.6) is 0 Å². The van der Waals surface area contributed by atoms with Gasteiger partial charge < -0.3 is 24.3 Å². The maximum Gasteiger partial charge on any atom is 0.486 e. The van der Waals surface area contributed by atoms with Gasteiger partial charge in [-0.3, -0.25) is 24.5 Å². The van der Waals surface area contributed by atoms with Crippen molar-refractivity contribution in [2.45, 2.75) is 113 Å². The number of hydrogen-bond donors (Lipinski definition) is 2. The van der Waals surface area contributed by atoms with Crippen molar-refractivity contribution in [2.75, 3.05) is 7.11 Å². The summed E-state index contributed by atoms with van der Waals surface area (Å²) < 4.78 is 16.4. The molecule has 1 saturated heterocycles. The van der Waals surface area contributed by atoms with Crippen molar-refractivity contribution in [1.29, 1.82) is 0 Å². The number of fused-ring (bicyclic) bond motifs is 2. The molecular weight excluding hydrogens is 719 g/mol. The van der Waals surface area contributed by atoms with E-state index < -0.39 is 30.2 Å². The van der Waals surface area contributed by atoms with Gasteiger partial charge in [0.25, 0.3) is 0 Å². The summed E-state index contributed by atoms with van der Waals surface area (Å²) >= 11 is 5.75. The topological polar surface area (TPSA) is 154 Å². The van der Waals surface area contributed by atoms with E-state index in [4.69, 9.17) is 25.6 Å². The van der Waals surface area contributed by atoms with Gasteiger partial charge in [0.05, 0.1) is 65.1 Å². The fraction of sp³-hybridized carbons (Fsp3) is 0.476. The van der Waals surface area contributed by atoms with E-state index >= 15 is 0 Å². The van der Waals surface area contributed by atoms with Crippen molar-refractivity contribution < 1.29 is 33.8 Å². The van der Waals surface area contributed by atoms with Crippen LogP contribution in [0.1, 0.15) is 119 Å². The summed E-state index contributed by atoms with van der Waals surface area (Å²) in [6, 6.07) is 7.40. The van der Waals surface area contributed by atoms with Crippen LogP contribution in [0.2, 0.25) is 5.15 Å². The number of carbonyl (C=O) groups excluding carboxylic acids is 2. The second-order valence-corrected chi connectivity index (χ2v) is 15.6. The van der Waals surface area contributed by atoms with E-state index in [-0.39, 0.29) is 23.0 Å². The molecule has 298 valence electrons. The highest BCUT2D eigenvalue weighted by atomic mass is 35.5. The van der Waals surface area contributed by atoms with Crippen LogP contribution in [-0.4, -0.2) is 67.3 Å². The number of esters is 1. The quantitative estimate of drug-likeness (QED) is 0.100. The SMILES string of the molecule is CC.CC(=O)C(C)(C)/C=C/c1cc2cc([C@@H](C)O)cnc2cn1.COC(=O)C(C)(C)/C=C/B1OC(C)(C)C(C)(C)O1.C[C@@H](O)c1cnc2cnc(Cl)cc2c1. The highest BCUT2D eigenvalue weighted by Crippen LogP contribution is 2.37. The first-order valence-electron chi connectivity index (χ1n) is 18.3. The summed E-state index contributed by atoms with van der Waals surface area (Å²) in [7, 11) is 0.950. The van der Waals surface area contributed by atoms with Crippen LogP contribution in [0.4, 0.5) is 0 Å². The number of aliphatic hydroxyl groups excluding tert-OH is 2. The fourth-order valence-corrected chi connectivity index (χ4v) is 4.83. The molecule has 1 fully saturated rings. The molecule has 0 spiro atoms. The van der Waals surface area contributed by atoms with Crippen LogP contribution < -0.4 is 0 Å². The number of ether oxygens (including phenoxy) is 1. The number of aliphatic hydroxyl groups is 2. The van der Waals surface area contributed by atoms with E-state index in [0.717, 1.165) is 38.6 Å². The summed E-state index contributed by atoms with van der Waals surface area (Å²) in [5.74, 6) is 1.60. The van der Waals surface area contributed by atoms with Crippen molar-refractivity contribution in [1.82, 2.24) is 19.9 Å². The number of nitrogens with zero attached hydrogens (tertiary/aromatic N) is 4. The second-order valence-electron chi connectivity index (χ2n) is 15.2. The highest BCUT2D eigenvalue weighted by molar-refractivity contribution is 6.51. The third kappa shape index (κ3) is 13.3. The average molecular weight is 777 g/mol. The second kappa shape index (κ2) is 19.7. The molecule has 13 heteroatoms. The van der Waals surface area contributed by atoms with Gasteiger partial charge in [-0.05, 0) is 118 Å². The van der Waals surface area contributed by atoms with Crippen molar-refractivity contribution in [3.63, 3.8) is 0 Å². The van der Waals surface area contributed by atoms with E-state index in [2.05, 4.69) is 19.9 Å². The maximum atomic E-state index is 11.5. The molecule has 1 aliphatic rings. The van der Waals surface area contributed by atoms with E-state index in [1.807, 2.05) is 85.7 Å². The van der Waals surface area contributed by atoms with Gasteiger partial charge in [-0.1, -0.05) is 43.6 Å². The Labute approximate surface area is 331 Å². The van der Waals surface area contributed by atoms with E-state index in [1.165, 1.54) is 7.11 Å². The molecule has 5 rings (SSSR count). The van der Waals surface area contributed by atoms with Crippen molar-refractivity contribution in [2.24, 2.45) is 10.8 Å². The Balaban J connectivity index is 0.000000283. The van der Waals surface area contributed by atoms with Gasteiger partial charge in [-0.15, -0.1) is 0 Å². The Bertz CT molecular complexity index is 1960. The lowest BCUT2D eigenvalue weighted by atomic mass is 9.83. The van der Waals surface area contributed by atoms with Crippen molar-refractivity contribution in [3.05, 3.63) is 89.2 Å². The number of allylic oxidation sites excluding steroid dienone is 1. The Morgan fingerprint density at radius 3 is 1.71 bits per heavy atom. The molecule has 1 aliphatic heterocycles. The molecule has 0 bridgehead atoms. The molecule has 2 N–H and O–H groups in total. The van der Waals surface area contributed by atoms with Crippen LogP contribution in [0.25, 0.3) is 27.9 Å². The molecule has 0 aromatic carbocycles. The zero-order valence-corrected chi connectivity index (χ0v) is 35.5. The number of aromatic nitrogens is 4. The first-order valence-corrected chi connectivity index (χ1v) is 18.7. The smallest absolute Gasteiger partial charge is 0.468 e. The average Bonchev–Trinajstić information content (AvgIpc) is 3.35. The van der Waals surface area contributed by atoms with Crippen LogP contribution in [0, 0.1) is 10.8 Å². The molecular formula is C42H58BClN4O7. The van der Waals surface area contributed by atoms with Crippen molar-refractivity contribution in [3.8, 4) is 0 Å². The Kier molecular flexibility index (Phi) is 16.9. The number of Topliss-reactive ketones (excluding diaryl/α,β-unsaturated/α-hetero) is 1. The molecule has 11 nitrogen and oxygen atoms in total. The van der Waals surface area contributed by atoms with Crippen LogP contribution in [-0.2, 0) is 23.6 Å². The predicted octanol–water partition coefficient (Wildman–Crippen LogP) is 9.05. The minimum absolute atomic E-state index is 0.109. The van der Waals surface area contributed by atoms with E-state index in [0.29, 0.717) is 5.15 Å². The van der Waals surface area contributed by atoms with Gasteiger partial charge in [-0.25, -0.2) is 4.98 Å². The summed E-state index contributed by atoms with van der Waals surface area (Å²) in [5, 5.41) is 21.2. The van der Waals surface area contributed by atoms with Gasteiger partial charge in [0.15, 0.2) is 0 Å². The lowest BCUT2D eigenvalue weighted by Crippen LogP contribution is -2.41. The molecule has 4 aromatic heterocycles. The lowest BCUT2D eigenvalue weighted by molar-refractivity contribution is -0.148. The summed E-state index contributed by atoms with van der Waals surface area (Å²) in [6.07, 6.45) is 11.0. The number of carbonyl (C=O) groups is 2. The zero-order valence-electron chi connectivity index (χ0n) is 34.8. The summed E-state index contributed by atoms with van der Waals surface area (Å²) in [5.41, 5.74) is 1.96. The first-order chi connectivity index (χ1) is 25.5. The Morgan fingerprint density at radius 2 is 1.25 bits per heavy atom. The summed E-state index contributed by atoms with van der Waals surface area (Å²) in [4.78, 5) is 39.7. The van der Waals surface area contributed by atoms with Gasteiger partial charge in [0.2, 0.25) is 0 Å². The molecule has 55 heavy (non-hydrogen) atoms. The molecule has 2 atom stereocenters. The Morgan fingerprint density at radius 1 is 0.782 bits per heavy atom. The van der Waals surface area contributed by atoms with Crippen LogP contribution in [0.15, 0.2) is 67.2 Å². The van der Waals surface area contributed by atoms with E-state index in [9.17, 15) is 19.8 Å². The van der Waals surface area contributed by atoms with E-state index in [1.54, 1.807) is 77.5 Å². The number of rotatable bonds is 8. The van der Waals surface area contributed by atoms with Gasteiger partial charge in [0.1, 0.15) is 10.9 Å². The minimum Gasteiger partial charge on any atom is -0.468 e. The molecule has 0 amide bonds. The zero-order chi connectivity index (χ0) is 41.9. The molecule has 0 aliphatic carbocycles. The van der Waals surface area contributed by atoms with Gasteiger partial charge in [0, 0.05) is 28.6 Å². The lowest BCUT2D eigenvalue weighted by Gasteiger charge is -2.32. The molecule has 0 unspecified atom stereocenters. The number of pyridine rings is 4. The standard InChI is InChI=1S/C17H20N2O2.C13H23BO4.C10H9ClN2O.C2H6/c1-11(20)14-7-13-8-15(18-10-16(13)19-9-14)5-6-17(3,4)12(2)21;1-11(2,10(15)16-7)8-9-14-17-12(3,4)13(5,6)18-14;1-6(14)8-2-7-3-10(11)13-5-9(7)12-4-8;1-2/h5-11,20H,1-4H3;8-9H,1-7H3;2-6,14H,1H3;1-2H3/b6-5+;9-8+;;/t11-;;6-;/m1.1./s1. The Hall–Kier alpha value is -4.07. The molecule has 0 radical (unpaired) electrons. The predicted molar refractivity (Wildman–Crippen MR) is 221 cm³/mol. The molecule has 5 heterocycles. The van der Waals surface area contributed by atoms with Crippen LogP contribution in [0.3, 0.4) is 0 Å². The fourth-order valence-electron chi connectivity index (χ4n) is 4.66. The number of hydrogen-bond acceptors (Lipinski definition) is 11. The number of ketones is 1. The molecule has 4 aromatic rings. The van der Waals surface area contributed by atoms with Gasteiger partial charge >= 0.3 is 13.1 Å². The highest BCUT2D eigenvalue weighted by Gasteiger charge is 2.50. The largest absolute Gasteiger partial charge is 0.486 e. The normalized spacial score (nSPS) is 16.1. The number of halogens is 1. The third-order valence-electron chi connectivity index (χ3n) is 9.36. The van der Waals surface area contributed by atoms with Gasteiger partial charge in [-0.2, -0.15) is 0 Å². The summed E-state index contributed by atoms with van der Waals surface area (Å²) in [6.45, 7) is 24.3. The maximum absolute atomic E-state index is 11.5. The molecule has 0 saturated carbocycles. The van der Waals surface area contributed by atoms with Crippen molar-refractivity contribution >= 4 is 58.4 Å². The monoisotopic (exact) mass is 776 g/mol.